The van der Waals surface area contributed by atoms with Gasteiger partial charge in [0.1, 0.15) is 11.2 Å². The Balaban J connectivity index is 1.13. The van der Waals surface area contributed by atoms with E-state index in [9.17, 15) is 0 Å². The van der Waals surface area contributed by atoms with Crippen molar-refractivity contribution in [3.63, 3.8) is 0 Å². The van der Waals surface area contributed by atoms with E-state index in [4.69, 9.17) is 4.42 Å². The van der Waals surface area contributed by atoms with E-state index in [0.29, 0.717) is 0 Å². The average molecular weight is 734 g/mol. The summed E-state index contributed by atoms with van der Waals surface area (Å²) < 4.78 is 9.19. The number of rotatable bonds is 4. The monoisotopic (exact) mass is 733 g/mol. The third-order valence-corrected chi connectivity index (χ3v) is 13.5. The van der Waals surface area contributed by atoms with Gasteiger partial charge in [-0.25, -0.2) is 0 Å². The van der Waals surface area contributed by atoms with Gasteiger partial charge in [-0.1, -0.05) is 147 Å². The van der Waals surface area contributed by atoms with E-state index < -0.39 is 0 Å². The number of furan rings is 1. The molecule has 0 amide bonds. The van der Waals surface area contributed by atoms with Crippen LogP contribution in [-0.4, -0.2) is 0 Å². The molecule has 0 aliphatic heterocycles. The lowest BCUT2D eigenvalue weighted by Crippen LogP contribution is -2.16. The molecule has 0 saturated carbocycles. The Bertz CT molecular complexity index is 3400. The summed E-state index contributed by atoms with van der Waals surface area (Å²) in [6.07, 6.45) is 0. The maximum absolute atomic E-state index is 6.68. The van der Waals surface area contributed by atoms with Gasteiger partial charge in [0.15, 0.2) is 0 Å². The molecule has 11 aromatic rings. The zero-order chi connectivity index (χ0) is 37.1. The van der Waals surface area contributed by atoms with Crippen LogP contribution in [0, 0.1) is 0 Å². The molecule has 0 spiro atoms. The quantitative estimate of drug-likeness (QED) is 0.179. The summed E-state index contributed by atoms with van der Waals surface area (Å²) >= 11 is 1.87. The molecule has 264 valence electrons. The number of nitrogens with zero attached hydrogens (tertiary/aromatic N) is 1. The second-order valence-electron chi connectivity index (χ2n) is 15.6. The summed E-state index contributed by atoms with van der Waals surface area (Å²) in [5, 5.41) is 9.71. The van der Waals surface area contributed by atoms with Gasteiger partial charge >= 0.3 is 0 Å². The van der Waals surface area contributed by atoms with E-state index in [1.165, 1.54) is 86.5 Å². The van der Waals surface area contributed by atoms with Crippen molar-refractivity contribution in [2.24, 2.45) is 0 Å². The molecule has 0 saturated heterocycles. The van der Waals surface area contributed by atoms with Crippen molar-refractivity contribution in [2.45, 2.75) is 19.3 Å². The minimum absolute atomic E-state index is 0.117. The van der Waals surface area contributed by atoms with Gasteiger partial charge in [0.25, 0.3) is 0 Å². The molecule has 0 unspecified atom stereocenters. The zero-order valence-corrected chi connectivity index (χ0v) is 31.8. The molecule has 0 atom stereocenters. The molecule has 1 aliphatic rings. The lowest BCUT2D eigenvalue weighted by atomic mass is 9.82. The number of benzene rings is 9. The molecular weight excluding hydrogens is 699 g/mol. The van der Waals surface area contributed by atoms with Crippen molar-refractivity contribution in [1.29, 1.82) is 0 Å². The predicted octanol–water partition coefficient (Wildman–Crippen LogP) is 15.7. The molecule has 2 heterocycles. The second-order valence-corrected chi connectivity index (χ2v) is 16.7. The topological polar surface area (TPSA) is 16.4 Å². The Hall–Kier alpha value is -6.68. The summed E-state index contributed by atoms with van der Waals surface area (Å²) in [4.78, 5) is 2.51. The highest BCUT2D eigenvalue weighted by Crippen LogP contribution is 2.56. The minimum Gasteiger partial charge on any atom is -0.455 e. The SMILES string of the molecule is CC1(C)c2ccccc2-c2c(N(c3ccc(-c4cccc5ccccc45)cc3)c3cccc4c3sc3ccc5oc6c7ccccc7ccc6c5c34)cccc21. The minimum atomic E-state index is -0.117. The summed E-state index contributed by atoms with van der Waals surface area (Å²) in [7, 11) is 0. The molecule has 12 rings (SSSR count). The van der Waals surface area contributed by atoms with E-state index in [0.717, 1.165) is 27.6 Å². The molecule has 0 radical (unpaired) electrons. The van der Waals surface area contributed by atoms with Crippen LogP contribution in [0.5, 0.6) is 0 Å². The summed E-state index contributed by atoms with van der Waals surface area (Å²) in [5.74, 6) is 0. The van der Waals surface area contributed by atoms with E-state index in [1.54, 1.807) is 0 Å². The normalized spacial score (nSPS) is 13.3. The molecule has 0 fully saturated rings. The fourth-order valence-corrected chi connectivity index (χ4v) is 10.9. The summed E-state index contributed by atoms with van der Waals surface area (Å²) in [6.45, 7) is 4.72. The van der Waals surface area contributed by atoms with E-state index in [-0.39, 0.29) is 5.41 Å². The maximum Gasteiger partial charge on any atom is 0.143 e. The first-order valence-electron chi connectivity index (χ1n) is 19.3. The van der Waals surface area contributed by atoms with Crippen molar-refractivity contribution in [2.75, 3.05) is 4.90 Å². The molecule has 9 aromatic carbocycles. The van der Waals surface area contributed by atoms with Crippen LogP contribution in [-0.2, 0) is 5.41 Å². The Labute approximate surface area is 328 Å². The van der Waals surface area contributed by atoms with Gasteiger partial charge in [-0.3, -0.25) is 0 Å². The summed E-state index contributed by atoms with van der Waals surface area (Å²) in [6, 6.07) is 64.5. The number of fused-ring (bicyclic) bond motifs is 13. The smallest absolute Gasteiger partial charge is 0.143 e. The molecule has 1 aliphatic carbocycles. The fourth-order valence-electron chi connectivity index (χ4n) is 9.64. The Morgan fingerprint density at radius 3 is 2.02 bits per heavy atom. The molecule has 2 aromatic heterocycles. The van der Waals surface area contributed by atoms with Crippen molar-refractivity contribution in [3.8, 4) is 22.3 Å². The second kappa shape index (κ2) is 11.7. The Kier molecular flexibility index (Phi) is 6.59. The molecule has 3 heteroatoms. The fraction of sp³-hybridized carbons (Fsp3) is 0.0566. The van der Waals surface area contributed by atoms with Gasteiger partial charge < -0.3 is 9.32 Å². The molecule has 0 N–H and O–H groups in total. The van der Waals surface area contributed by atoms with Gasteiger partial charge in [0.2, 0.25) is 0 Å². The maximum atomic E-state index is 6.68. The zero-order valence-electron chi connectivity index (χ0n) is 31.0. The van der Waals surface area contributed by atoms with Gasteiger partial charge in [-0.15, -0.1) is 11.3 Å². The lowest BCUT2D eigenvalue weighted by Gasteiger charge is -2.29. The van der Waals surface area contributed by atoms with Gasteiger partial charge in [0.05, 0.1) is 16.1 Å². The van der Waals surface area contributed by atoms with Gasteiger partial charge in [-0.2, -0.15) is 0 Å². The third-order valence-electron chi connectivity index (χ3n) is 12.3. The number of thiophene rings is 1. The third kappa shape index (κ3) is 4.38. The number of anilines is 3. The largest absolute Gasteiger partial charge is 0.455 e. The van der Waals surface area contributed by atoms with E-state index in [2.05, 4.69) is 195 Å². The highest BCUT2D eigenvalue weighted by Gasteiger charge is 2.38. The van der Waals surface area contributed by atoms with Crippen LogP contribution < -0.4 is 4.90 Å². The Morgan fingerprint density at radius 2 is 1.14 bits per heavy atom. The molecule has 2 nitrogen and oxygen atoms in total. The van der Waals surface area contributed by atoms with Crippen molar-refractivity contribution < 1.29 is 4.42 Å². The van der Waals surface area contributed by atoms with Crippen molar-refractivity contribution >= 4 is 92.1 Å². The van der Waals surface area contributed by atoms with Crippen LogP contribution in [0.1, 0.15) is 25.0 Å². The highest BCUT2D eigenvalue weighted by atomic mass is 32.1. The summed E-state index contributed by atoms with van der Waals surface area (Å²) in [5.41, 5.74) is 13.0. The van der Waals surface area contributed by atoms with Gasteiger partial charge in [0, 0.05) is 48.3 Å². The van der Waals surface area contributed by atoms with Crippen LogP contribution in [0.15, 0.2) is 180 Å². The molecular formula is C53H35NOS. The van der Waals surface area contributed by atoms with Crippen molar-refractivity contribution in [1.82, 2.24) is 0 Å². The first kappa shape index (κ1) is 31.6. The number of hydrogen-bond donors (Lipinski definition) is 0. The van der Waals surface area contributed by atoms with Crippen LogP contribution in [0.2, 0.25) is 0 Å². The van der Waals surface area contributed by atoms with Crippen LogP contribution in [0.25, 0.3) is 85.9 Å². The lowest BCUT2D eigenvalue weighted by molar-refractivity contribution is 0.660. The highest BCUT2D eigenvalue weighted by molar-refractivity contribution is 7.26. The molecule has 56 heavy (non-hydrogen) atoms. The van der Waals surface area contributed by atoms with Crippen molar-refractivity contribution in [3.05, 3.63) is 187 Å². The van der Waals surface area contributed by atoms with E-state index in [1.807, 2.05) is 11.3 Å². The van der Waals surface area contributed by atoms with Crippen LogP contribution >= 0.6 is 11.3 Å². The first-order chi connectivity index (χ1) is 27.5. The van der Waals surface area contributed by atoms with Crippen LogP contribution in [0.4, 0.5) is 17.1 Å². The van der Waals surface area contributed by atoms with Crippen LogP contribution in [0.3, 0.4) is 0 Å². The predicted molar refractivity (Wildman–Crippen MR) is 239 cm³/mol. The van der Waals surface area contributed by atoms with E-state index >= 15 is 0 Å². The molecule has 0 bridgehead atoms. The first-order valence-corrected chi connectivity index (χ1v) is 20.2. The standard InChI is InChI=1S/C53H35NOS/c1-53(2)42-20-8-7-17-39(42)48-43(53)21-11-22-44(48)54(35-27-24-34(25-28-35)37-18-9-14-32-12-3-5-15-36(32)37)45-23-10-19-41-50-47(56-52(41)45)31-30-46-49(50)40-29-26-33-13-4-6-16-38(33)51(40)55-46/h3-31H,1-2H3. The average Bonchev–Trinajstić information content (AvgIpc) is 3.89. The van der Waals surface area contributed by atoms with Gasteiger partial charge in [-0.05, 0) is 86.4 Å². The number of hydrogen-bond acceptors (Lipinski definition) is 3. The Morgan fingerprint density at radius 1 is 0.482 bits per heavy atom.